The number of hydrogen-bond acceptors (Lipinski definition) is 2. The molecular formula is C22H27N3O2. The van der Waals surface area contributed by atoms with Gasteiger partial charge in [0.15, 0.2) is 0 Å². The van der Waals surface area contributed by atoms with E-state index in [4.69, 9.17) is 0 Å². The summed E-state index contributed by atoms with van der Waals surface area (Å²) in [6.07, 6.45) is 8.28. The molecule has 5 heteroatoms. The van der Waals surface area contributed by atoms with Crippen LogP contribution in [0.15, 0.2) is 42.6 Å². The van der Waals surface area contributed by atoms with E-state index in [9.17, 15) is 9.59 Å². The van der Waals surface area contributed by atoms with Crippen molar-refractivity contribution in [2.75, 3.05) is 26.2 Å². The van der Waals surface area contributed by atoms with Gasteiger partial charge in [0.1, 0.15) is 5.69 Å². The molecule has 2 amide bonds. The Bertz CT molecular complexity index is 768. The molecule has 0 atom stereocenters. The maximum absolute atomic E-state index is 12.8. The van der Waals surface area contributed by atoms with Gasteiger partial charge in [0.05, 0.1) is 0 Å². The molecule has 1 aliphatic carbocycles. The number of aromatic nitrogens is 1. The van der Waals surface area contributed by atoms with Crippen LogP contribution in [-0.4, -0.2) is 52.8 Å². The first-order valence-corrected chi connectivity index (χ1v) is 10.0. The van der Waals surface area contributed by atoms with Gasteiger partial charge < -0.3 is 14.8 Å². The maximum Gasteiger partial charge on any atom is 0.270 e. The zero-order chi connectivity index (χ0) is 18.6. The lowest BCUT2D eigenvalue weighted by Crippen LogP contribution is -2.50. The standard InChI is InChI=1S/C22H27N3O2/c26-21(19-10-8-18(9-11-19)17-5-2-1-3-6-17)24-13-15-25(16-14-24)22(27)20-7-4-12-23-20/h4,7-12,17,23H,1-3,5-6,13-16H2. The molecule has 5 nitrogen and oxygen atoms in total. The summed E-state index contributed by atoms with van der Waals surface area (Å²) in [5, 5.41) is 0. The van der Waals surface area contributed by atoms with Crippen LogP contribution in [0.2, 0.25) is 0 Å². The second-order valence-corrected chi connectivity index (χ2v) is 7.63. The first-order chi connectivity index (χ1) is 13.2. The molecule has 142 valence electrons. The number of nitrogens with one attached hydrogen (secondary N) is 1. The monoisotopic (exact) mass is 365 g/mol. The molecule has 1 saturated heterocycles. The lowest BCUT2D eigenvalue weighted by Gasteiger charge is -2.34. The fourth-order valence-electron chi connectivity index (χ4n) is 4.26. The summed E-state index contributed by atoms with van der Waals surface area (Å²) in [6.45, 7) is 2.30. The predicted octanol–water partition coefficient (Wildman–Crippen LogP) is 3.66. The average molecular weight is 365 g/mol. The van der Waals surface area contributed by atoms with Gasteiger partial charge in [-0.2, -0.15) is 0 Å². The van der Waals surface area contributed by atoms with Crippen molar-refractivity contribution < 1.29 is 9.59 Å². The van der Waals surface area contributed by atoms with Crippen molar-refractivity contribution in [3.63, 3.8) is 0 Å². The van der Waals surface area contributed by atoms with Crippen molar-refractivity contribution >= 4 is 11.8 Å². The van der Waals surface area contributed by atoms with E-state index in [1.807, 2.05) is 28.0 Å². The summed E-state index contributed by atoms with van der Waals surface area (Å²) < 4.78 is 0. The highest BCUT2D eigenvalue weighted by Gasteiger charge is 2.26. The van der Waals surface area contributed by atoms with Crippen molar-refractivity contribution in [2.45, 2.75) is 38.0 Å². The largest absolute Gasteiger partial charge is 0.357 e. The van der Waals surface area contributed by atoms with Crippen LogP contribution in [0.1, 0.15) is 64.4 Å². The molecule has 1 aromatic heterocycles. The quantitative estimate of drug-likeness (QED) is 0.902. The third-order valence-electron chi connectivity index (χ3n) is 5.92. The van der Waals surface area contributed by atoms with Crippen molar-refractivity contribution in [1.82, 2.24) is 14.8 Å². The molecule has 0 unspecified atom stereocenters. The van der Waals surface area contributed by atoms with Crippen molar-refractivity contribution in [2.24, 2.45) is 0 Å². The molecule has 2 aliphatic rings. The van der Waals surface area contributed by atoms with Crippen LogP contribution < -0.4 is 0 Å². The summed E-state index contributed by atoms with van der Waals surface area (Å²) in [6, 6.07) is 11.8. The fourth-order valence-corrected chi connectivity index (χ4v) is 4.26. The Labute approximate surface area is 160 Å². The highest BCUT2D eigenvalue weighted by molar-refractivity contribution is 5.95. The van der Waals surface area contributed by atoms with Gasteiger partial charge in [-0.15, -0.1) is 0 Å². The Kier molecular flexibility index (Phi) is 5.28. The molecule has 0 bridgehead atoms. The van der Waals surface area contributed by atoms with E-state index in [-0.39, 0.29) is 11.8 Å². The van der Waals surface area contributed by atoms with Crippen LogP contribution in [0, 0.1) is 0 Å². The number of H-pyrrole nitrogens is 1. The zero-order valence-electron chi connectivity index (χ0n) is 15.7. The van der Waals surface area contributed by atoms with Crippen molar-refractivity contribution in [1.29, 1.82) is 0 Å². The molecule has 1 saturated carbocycles. The van der Waals surface area contributed by atoms with Crippen LogP contribution in [0.25, 0.3) is 0 Å². The van der Waals surface area contributed by atoms with Crippen LogP contribution in [0.3, 0.4) is 0 Å². The number of rotatable bonds is 3. The van der Waals surface area contributed by atoms with Gasteiger partial charge in [-0.3, -0.25) is 9.59 Å². The van der Waals surface area contributed by atoms with Crippen molar-refractivity contribution in [3.05, 3.63) is 59.4 Å². The summed E-state index contributed by atoms with van der Waals surface area (Å²) in [5.41, 5.74) is 2.72. The summed E-state index contributed by atoms with van der Waals surface area (Å²) in [7, 11) is 0. The Balaban J connectivity index is 1.34. The predicted molar refractivity (Wildman–Crippen MR) is 105 cm³/mol. The number of amides is 2. The molecule has 1 aliphatic heterocycles. The van der Waals surface area contributed by atoms with Gasteiger partial charge in [-0.25, -0.2) is 0 Å². The van der Waals surface area contributed by atoms with E-state index in [0.717, 1.165) is 5.56 Å². The average Bonchev–Trinajstić information content (AvgIpc) is 3.28. The minimum Gasteiger partial charge on any atom is -0.357 e. The summed E-state index contributed by atoms with van der Waals surface area (Å²) >= 11 is 0. The number of carbonyl (C=O) groups is 2. The second-order valence-electron chi connectivity index (χ2n) is 7.63. The first kappa shape index (κ1) is 17.8. The van der Waals surface area contributed by atoms with Gasteiger partial charge in [0, 0.05) is 37.9 Å². The lowest BCUT2D eigenvalue weighted by molar-refractivity contribution is 0.0532. The Hall–Kier alpha value is -2.56. The topological polar surface area (TPSA) is 56.4 Å². The van der Waals surface area contributed by atoms with Gasteiger partial charge >= 0.3 is 0 Å². The van der Waals surface area contributed by atoms with Crippen LogP contribution in [0.4, 0.5) is 0 Å². The third-order valence-corrected chi connectivity index (χ3v) is 5.92. The zero-order valence-corrected chi connectivity index (χ0v) is 15.7. The molecule has 1 aromatic carbocycles. The summed E-state index contributed by atoms with van der Waals surface area (Å²) in [5.74, 6) is 0.728. The van der Waals surface area contributed by atoms with E-state index >= 15 is 0 Å². The van der Waals surface area contributed by atoms with E-state index in [1.165, 1.54) is 37.7 Å². The molecule has 4 rings (SSSR count). The minimum atomic E-state index is 0.00364. The van der Waals surface area contributed by atoms with Crippen LogP contribution >= 0.6 is 0 Å². The lowest BCUT2D eigenvalue weighted by atomic mass is 9.84. The molecule has 1 N–H and O–H groups in total. The van der Waals surface area contributed by atoms with Crippen LogP contribution in [0.5, 0.6) is 0 Å². The van der Waals surface area contributed by atoms with E-state index in [0.29, 0.717) is 37.8 Å². The normalized spacial score (nSPS) is 18.5. The maximum atomic E-state index is 12.8. The number of piperazine rings is 1. The van der Waals surface area contributed by atoms with E-state index in [2.05, 4.69) is 17.1 Å². The number of aromatic amines is 1. The van der Waals surface area contributed by atoms with E-state index < -0.39 is 0 Å². The number of hydrogen-bond donors (Lipinski definition) is 1. The van der Waals surface area contributed by atoms with Gasteiger partial charge in [-0.05, 0) is 48.6 Å². The highest BCUT2D eigenvalue weighted by atomic mass is 16.2. The molecular weight excluding hydrogens is 338 g/mol. The Morgan fingerprint density at radius 3 is 2.04 bits per heavy atom. The SMILES string of the molecule is O=C(c1ccc(C2CCCCC2)cc1)N1CCN(C(=O)c2ccc[nH]2)CC1. The van der Waals surface area contributed by atoms with Gasteiger partial charge in [0.25, 0.3) is 11.8 Å². The minimum absolute atomic E-state index is 0.00364. The van der Waals surface area contributed by atoms with Gasteiger partial charge in [-0.1, -0.05) is 31.4 Å². The third kappa shape index (κ3) is 3.92. The number of benzene rings is 1. The molecule has 2 fully saturated rings. The van der Waals surface area contributed by atoms with Crippen LogP contribution in [-0.2, 0) is 0 Å². The molecule has 0 spiro atoms. The Morgan fingerprint density at radius 2 is 1.44 bits per heavy atom. The highest BCUT2D eigenvalue weighted by Crippen LogP contribution is 2.32. The van der Waals surface area contributed by atoms with E-state index in [1.54, 1.807) is 12.3 Å². The number of carbonyl (C=O) groups excluding carboxylic acids is 2. The second kappa shape index (κ2) is 7.99. The number of nitrogens with zero attached hydrogens (tertiary/aromatic N) is 2. The Morgan fingerprint density at radius 1 is 0.815 bits per heavy atom. The van der Waals surface area contributed by atoms with Crippen molar-refractivity contribution in [3.8, 4) is 0 Å². The fraction of sp³-hybridized carbons (Fsp3) is 0.455. The summed E-state index contributed by atoms with van der Waals surface area (Å²) in [4.78, 5) is 31.8. The van der Waals surface area contributed by atoms with Gasteiger partial charge in [0.2, 0.25) is 0 Å². The molecule has 27 heavy (non-hydrogen) atoms. The molecule has 2 heterocycles. The smallest absolute Gasteiger partial charge is 0.270 e. The first-order valence-electron chi connectivity index (χ1n) is 10.0. The molecule has 2 aromatic rings. The molecule has 0 radical (unpaired) electrons.